The van der Waals surface area contributed by atoms with Gasteiger partial charge in [-0.05, 0) is 24.1 Å². The summed E-state index contributed by atoms with van der Waals surface area (Å²) in [7, 11) is 0. The molecule has 0 fully saturated rings. The minimum atomic E-state index is -0.178. The zero-order chi connectivity index (χ0) is 17.6. The van der Waals surface area contributed by atoms with Crippen molar-refractivity contribution in [2.75, 3.05) is 13.2 Å². The summed E-state index contributed by atoms with van der Waals surface area (Å²) in [5.41, 5.74) is 1.66. The lowest BCUT2D eigenvalue weighted by molar-refractivity contribution is -0.123. The van der Waals surface area contributed by atoms with Gasteiger partial charge in [-0.15, -0.1) is 0 Å². The third-order valence-electron chi connectivity index (χ3n) is 3.77. The fourth-order valence-electron chi connectivity index (χ4n) is 2.48. The van der Waals surface area contributed by atoms with E-state index in [2.05, 4.69) is 5.32 Å². The summed E-state index contributed by atoms with van der Waals surface area (Å²) >= 11 is 0. The number of nitrogens with one attached hydrogen (secondary N) is 1. The molecule has 1 amide bonds. The maximum Gasteiger partial charge on any atom is 0.257 e. The molecular formula is C20H19NO4. The van der Waals surface area contributed by atoms with E-state index in [-0.39, 0.29) is 17.9 Å². The number of hydrogen-bond acceptors (Lipinski definition) is 4. The molecule has 128 valence electrons. The second kappa shape index (κ2) is 7.66. The Morgan fingerprint density at radius 1 is 1.16 bits per heavy atom. The smallest absolute Gasteiger partial charge is 0.257 e. The Kier molecular flexibility index (Phi) is 5.14. The largest absolute Gasteiger partial charge is 0.484 e. The van der Waals surface area contributed by atoms with Crippen LogP contribution in [0.1, 0.15) is 13.3 Å². The molecular weight excluding hydrogens is 318 g/mol. The number of benzene rings is 2. The molecule has 2 aromatic carbocycles. The van der Waals surface area contributed by atoms with Gasteiger partial charge < -0.3 is 14.5 Å². The van der Waals surface area contributed by atoms with Crippen LogP contribution in [0.25, 0.3) is 22.1 Å². The molecule has 0 radical (unpaired) electrons. The van der Waals surface area contributed by atoms with Gasteiger partial charge in [-0.1, -0.05) is 37.3 Å². The minimum Gasteiger partial charge on any atom is -0.484 e. The van der Waals surface area contributed by atoms with E-state index in [9.17, 15) is 9.59 Å². The fraction of sp³-hybridized carbons (Fsp3) is 0.200. The molecule has 0 saturated carbocycles. The Hall–Kier alpha value is -3.08. The second-order valence-electron chi connectivity index (χ2n) is 5.64. The monoisotopic (exact) mass is 337 g/mol. The second-order valence-corrected chi connectivity index (χ2v) is 5.64. The maximum atomic E-state index is 12.7. The van der Waals surface area contributed by atoms with Crippen LogP contribution >= 0.6 is 0 Å². The maximum absolute atomic E-state index is 12.7. The van der Waals surface area contributed by atoms with Crippen LogP contribution in [0.15, 0.2) is 64.0 Å². The summed E-state index contributed by atoms with van der Waals surface area (Å²) in [6.07, 6.45) is 2.33. The lowest BCUT2D eigenvalue weighted by Crippen LogP contribution is -2.29. The molecule has 0 saturated heterocycles. The highest BCUT2D eigenvalue weighted by Gasteiger charge is 2.10. The lowest BCUT2D eigenvalue weighted by Gasteiger charge is -2.08. The Labute approximate surface area is 145 Å². The van der Waals surface area contributed by atoms with Crippen molar-refractivity contribution in [3.8, 4) is 16.9 Å². The van der Waals surface area contributed by atoms with Crippen molar-refractivity contribution < 1.29 is 13.9 Å². The van der Waals surface area contributed by atoms with E-state index in [1.165, 1.54) is 6.26 Å². The molecule has 5 nitrogen and oxygen atoms in total. The molecule has 3 aromatic rings. The van der Waals surface area contributed by atoms with E-state index in [0.29, 0.717) is 28.8 Å². The number of amides is 1. The van der Waals surface area contributed by atoms with Gasteiger partial charge in [0.05, 0.1) is 10.9 Å². The van der Waals surface area contributed by atoms with Crippen LogP contribution in [0.5, 0.6) is 5.75 Å². The van der Waals surface area contributed by atoms with Crippen LogP contribution in [0.3, 0.4) is 0 Å². The minimum absolute atomic E-state index is 0.0716. The van der Waals surface area contributed by atoms with Gasteiger partial charge in [0.2, 0.25) is 0 Å². The summed E-state index contributed by atoms with van der Waals surface area (Å²) in [5.74, 6) is 0.303. The number of hydrogen-bond donors (Lipinski definition) is 1. The van der Waals surface area contributed by atoms with E-state index in [0.717, 1.165) is 12.0 Å². The van der Waals surface area contributed by atoms with Crippen molar-refractivity contribution in [2.45, 2.75) is 13.3 Å². The Morgan fingerprint density at radius 2 is 1.96 bits per heavy atom. The topological polar surface area (TPSA) is 68.5 Å². The summed E-state index contributed by atoms with van der Waals surface area (Å²) in [6, 6.07) is 14.3. The van der Waals surface area contributed by atoms with E-state index < -0.39 is 0 Å². The Bertz CT molecular complexity index is 931. The molecule has 1 aromatic heterocycles. The number of fused-ring (bicyclic) bond motifs is 1. The van der Waals surface area contributed by atoms with E-state index in [1.54, 1.807) is 18.2 Å². The number of ether oxygens (including phenoxy) is 1. The summed E-state index contributed by atoms with van der Waals surface area (Å²) in [4.78, 5) is 24.2. The quantitative estimate of drug-likeness (QED) is 0.749. The number of carbonyl (C=O) groups excluding carboxylic acids is 1. The molecule has 1 N–H and O–H groups in total. The van der Waals surface area contributed by atoms with Gasteiger partial charge in [0.1, 0.15) is 17.6 Å². The predicted octanol–water partition coefficient (Wildman–Crippen LogP) is 3.37. The first-order valence-corrected chi connectivity index (χ1v) is 8.19. The molecule has 0 aliphatic carbocycles. The zero-order valence-corrected chi connectivity index (χ0v) is 14.0. The molecule has 0 spiro atoms. The summed E-state index contributed by atoms with van der Waals surface area (Å²) in [5, 5.41) is 3.21. The van der Waals surface area contributed by atoms with Gasteiger partial charge in [-0.25, -0.2) is 0 Å². The third-order valence-corrected chi connectivity index (χ3v) is 3.77. The molecule has 5 heteroatoms. The van der Waals surface area contributed by atoms with Gasteiger partial charge in [0, 0.05) is 12.6 Å². The van der Waals surface area contributed by atoms with Crippen LogP contribution < -0.4 is 15.5 Å². The highest BCUT2D eigenvalue weighted by atomic mass is 16.5. The van der Waals surface area contributed by atoms with Gasteiger partial charge in [-0.2, -0.15) is 0 Å². The third kappa shape index (κ3) is 3.88. The lowest BCUT2D eigenvalue weighted by atomic mass is 10.1. The first-order valence-electron chi connectivity index (χ1n) is 8.19. The van der Waals surface area contributed by atoms with E-state index in [4.69, 9.17) is 9.15 Å². The molecule has 0 aliphatic rings. The van der Waals surface area contributed by atoms with Crippen LogP contribution in [-0.2, 0) is 4.79 Å². The van der Waals surface area contributed by atoms with Crippen molar-refractivity contribution in [1.29, 1.82) is 0 Å². The molecule has 25 heavy (non-hydrogen) atoms. The van der Waals surface area contributed by atoms with E-state index in [1.807, 2.05) is 37.3 Å². The van der Waals surface area contributed by atoms with Crippen molar-refractivity contribution in [3.63, 3.8) is 0 Å². The highest BCUT2D eigenvalue weighted by Crippen LogP contribution is 2.22. The first kappa shape index (κ1) is 16.8. The van der Waals surface area contributed by atoms with Crippen LogP contribution in [0.2, 0.25) is 0 Å². The Balaban J connectivity index is 1.83. The van der Waals surface area contributed by atoms with Crippen molar-refractivity contribution >= 4 is 16.9 Å². The predicted molar refractivity (Wildman–Crippen MR) is 96.7 cm³/mol. The number of carbonyl (C=O) groups is 1. The molecule has 0 unspecified atom stereocenters. The van der Waals surface area contributed by atoms with Crippen molar-refractivity contribution in [3.05, 3.63) is 65.0 Å². The van der Waals surface area contributed by atoms with Crippen LogP contribution in [-0.4, -0.2) is 19.1 Å². The highest BCUT2D eigenvalue weighted by molar-refractivity contribution is 5.83. The molecule has 0 aliphatic heterocycles. The van der Waals surface area contributed by atoms with Crippen molar-refractivity contribution in [2.24, 2.45) is 0 Å². The van der Waals surface area contributed by atoms with Gasteiger partial charge in [0.15, 0.2) is 12.0 Å². The summed E-state index contributed by atoms with van der Waals surface area (Å²) in [6.45, 7) is 2.53. The summed E-state index contributed by atoms with van der Waals surface area (Å²) < 4.78 is 11.1. The Morgan fingerprint density at radius 3 is 2.72 bits per heavy atom. The zero-order valence-electron chi connectivity index (χ0n) is 14.0. The molecule has 0 atom stereocenters. The van der Waals surface area contributed by atoms with Gasteiger partial charge in [0.25, 0.3) is 5.91 Å². The van der Waals surface area contributed by atoms with E-state index >= 15 is 0 Å². The molecule has 1 heterocycles. The van der Waals surface area contributed by atoms with Crippen LogP contribution in [0, 0.1) is 0 Å². The van der Waals surface area contributed by atoms with Gasteiger partial charge in [-0.3, -0.25) is 9.59 Å². The van der Waals surface area contributed by atoms with Crippen LogP contribution in [0.4, 0.5) is 0 Å². The molecule has 3 rings (SSSR count). The molecule has 0 bridgehead atoms. The number of rotatable bonds is 6. The van der Waals surface area contributed by atoms with Crippen molar-refractivity contribution in [1.82, 2.24) is 5.32 Å². The van der Waals surface area contributed by atoms with Gasteiger partial charge >= 0.3 is 0 Å². The average molecular weight is 337 g/mol. The average Bonchev–Trinajstić information content (AvgIpc) is 2.65. The SMILES string of the molecule is CCCNC(=O)COc1ccc2c(=O)c(-c3ccccc3)coc2c1. The first-order chi connectivity index (χ1) is 12.2. The standard InChI is InChI=1S/C20H19NO4/c1-2-10-21-19(22)13-24-15-8-9-16-18(11-15)25-12-17(20(16)23)14-6-4-3-5-7-14/h3-9,11-12H,2,10,13H2,1H3,(H,21,22). The fourth-order valence-corrected chi connectivity index (χ4v) is 2.48. The normalized spacial score (nSPS) is 10.6.